The topological polar surface area (TPSA) is 81.1 Å². The van der Waals surface area contributed by atoms with Gasteiger partial charge in [0.25, 0.3) is 5.91 Å². The number of carbonyl (C=O) groups excluding carboxylic acids is 3. The van der Waals surface area contributed by atoms with Crippen molar-refractivity contribution in [3.05, 3.63) is 30.0 Å². The van der Waals surface area contributed by atoms with E-state index < -0.39 is 6.04 Å². The van der Waals surface area contributed by atoms with E-state index in [1.54, 1.807) is 10.9 Å². The predicted molar refractivity (Wildman–Crippen MR) is 70.9 cm³/mol. The number of aromatic nitrogens is 2. The monoisotopic (exact) mass is 271 g/mol. The van der Waals surface area contributed by atoms with Crippen LogP contribution >= 0.6 is 0 Å². The number of nitrogens with zero attached hydrogens (tertiary/aromatic N) is 2. The molecular formula is C14H13N3O3. The summed E-state index contributed by atoms with van der Waals surface area (Å²) in [6.07, 6.45) is 3.66. The minimum absolute atomic E-state index is 0.240. The fourth-order valence-corrected chi connectivity index (χ4v) is 2.49. The second-order valence-electron chi connectivity index (χ2n) is 4.82. The van der Waals surface area contributed by atoms with Crippen LogP contribution in [0.4, 0.5) is 0 Å². The van der Waals surface area contributed by atoms with E-state index >= 15 is 0 Å². The molecule has 1 fully saturated rings. The average molecular weight is 271 g/mol. The third-order valence-electron chi connectivity index (χ3n) is 3.48. The van der Waals surface area contributed by atoms with Crippen molar-refractivity contribution in [1.82, 2.24) is 15.1 Å². The first-order chi connectivity index (χ1) is 9.69. The third-order valence-corrected chi connectivity index (χ3v) is 3.48. The number of nitrogens with one attached hydrogen (secondary N) is 1. The molecule has 0 radical (unpaired) electrons. The zero-order chi connectivity index (χ0) is 14.1. The number of fused-ring (bicyclic) bond motifs is 1. The molecule has 0 aliphatic carbocycles. The number of hydrogen-bond donors (Lipinski definition) is 1. The molecule has 6 heteroatoms. The van der Waals surface area contributed by atoms with Crippen molar-refractivity contribution in [3.63, 3.8) is 0 Å². The van der Waals surface area contributed by atoms with Gasteiger partial charge in [-0.2, -0.15) is 5.10 Å². The maximum Gasteiger partial charge on any atom is 0.251 e. The van der Waals surface area contributed by atoms with Gasteiger partial charge >= 0.3 is 0 Å². The molecule has 1 aromatic carbocycles. The van der Waals surface area contributed by atoms with Crippen LogP contribution in [0.15, 0.2) is 24.4 Å². The van der Waals surface area contributed by atoms with E-state index in [1.807, 2.05) is 18.2 Å². The molecule has 1 saturated heterocycles. The fraction of sp³-hybridized carbons (Fsp3) is 0.286. The molecule has 102 valence electrons. The zero-order valence-electron chi connectivity index (χ0n) is 10.7. The van der Waals surface area contributed by atoms with Gasteiger partial charge in [-0.15, -0.1) is 0 Å². The summed E-state index contributed by atoms with van der Waals surface area (Å²) in [6.45, 7) is 0. The highest BCUT2D eigenvalue weighted by Gasteiger charge is 2.29. The second-order valence-corrected chi connectivity index (χ2v) is 4.82. The minimum atomic E-state index is -0.456. The molecule has 1 aliphatic heterocycles. The van der Waals surface area contributed by atoms with Crippen LogP contribution in [-0.4, -0.2) is 27.9 Å². The zero-order valence-corrected chi connectivity index (χ0v) is 10.7. The van der Waals surface area contributed by atoms with Crippen LogP contribution in [0.25, 0.3) is 10.9 Å². The maximum atomic E-state index is 11.9. The number of hydrogen-bond acceptors (Lipinski definition) is 4. The Hall–Kier alpha value is -2.50. The van der Waals surface area contributed by atoms with Crippen LogP contribution in [0.3, 0.4) is 0 Å². The van der Waals surface area contributed by atoms with Crippen molar-refractivity contribution in [2.75, 3.05) is 0 Å². The van der Waals surface area contributed by atoms with Gasteiger partial charge in [0, 0.05) is 18.2 Å². The van der Waals surface area contributed by atoms with Crippen LogP contribution < -0.4 is 5.32 Å². The number of piperidine rings is 1. The highest BCUT2D eigenvalue weighted by atomic mass is 16.2. The molecule has 6 nitrogen and oxygen atoms in total. The van der Waals surface area contributed by atoms with E-state index in [2.05, 4.69) is 10.4 Å². The van der Waals surface area contributed by atoms with Crippen molar-refractivity contribution < 1.29 is 14.4 Å². The van der Waals surface area contributed by atoms with E-state index in [9.17, 15) is 14.4 Å². The molecule has 2 heterocycles. The molecule has 1 N–H and O–H groups in total. The largest absolute Gasteiger partial charge is 0.303 e. The van der Waals surface area contributed by atoms with Crippen molar-refractivity contribution in [2.45, 2.75) is 25.3 Å². The SMILES string of the molecule is O=CCc1ccc2c(cnn2C2CCC(=O)NC2=O)c1. The Kier molecular flexibility index (Phi) is 3.06. The summed E-state index contributed by atoms with van der Waals surface area (Å²) in [5.41, 5.74) is 1.74. The molecule has 1 atom stereocenters. The number of benzene rings is 1. The van der Waals surface area contributed by atoms with E-state index in [-0.39, 0.29) is 11.8 Å². The van der Waals surface area contributed by atoms with Gasteiger partial charge in [0.2, 0.25) is 5.91 Å². The molecule has 1 aromatic heterocycles. The first-order valence-corrected chi connectivity index (χ1v) is 6.42. The quantitative estimate of drug-likeness (QED) is 0.660. The molecule has 3 rings (SSSR count). The number of imide groups is 1. The van der Waals surface area contributed by atoms with E-state index in [0.717, 1.165) is 22.8 Å². The maximum absolute atomic E-state index is 11.9. The van der Waals surface area contributed by atoms with Crippen LogP contribution in [0.5, 0.6) is 0 Å². The van der Waals surface area contributed by atoms with Crippen LogP contribution in [0, 0.1) is 0 Å². The Morgan fingerprint density at radius 2 is 2.25 bits per heavy atom. The summed E-state index contributed by atoms with van der Waals surface area (Å²) in [7, 11) is 0. The molecule has 0 saturated carbocycles. The third kappa shape index (κ3) is 2.09. The van der Waals surface area contributed by atoms with E-state index in [0.29, 0.717) is 19.3 Å². The number of aldehydes is 1. The molecule has 20 heavy (non-hydrogen) atoms. The highest BCUT2D eigenvalue weighted by molar-refractivity contribution is 6.00. The first kappa shape index (κ1) is 12.5. The van der Waals surface area contributed by atoms with Gasteiger partial charge in [0.05, 0.1) is 11.7 Å². The predicted octanol–water partition coefficient (Wildman–Crippen LogP) is 0.755. The molecule has 1 unspecified atom stereocenters. The Labute approximate surface area is 114 Å². The lowest BCUT2D eigenvalue weighted by molar-refractivity contribution is -0.135. The van der Waals surface area contributed by atoms with Gasteiger partial charge < -0.3 is 4.79 Å². The molecule has 0 bridgehead atoms. The van der Waals surface area contributed by atoms with Gasteiger partial charge in [-0.25, -0.2) is 0 Å². The van der Waals surface area contributed by atoms with Gasteiger partial charge in [0.1, 0.15) is 12.3 Å². The highest BCUT2D eigenvalue weighted by Crippen LogP contribution is 2.24. The van der Waals surface area contributed by atoms with Crippen molar-refractivity contribution >= 4 is 29.0 Å². The molecular weight excluding hydrogens is 258 g/mol. The molecule has 1 aliphatic rings. The van der Waals surface area contributed by atoms with Crippen LogP contribution in [-0.2, 0) is 20.8 Å². The van der Waals surface area contributed by atoms with Gasteiger partial charge in [0.15, 0.2) is 0 Å². The summed E-state index contributed by atoms with van der Waals surface area (Å²) in [4.78, 5) is 33.6. The number of amides is 2. The summed E-state index contributed by atoms with van der Waals surface area (Å²) < 4.78 is 1.64. The molecule has 2 amide bonds. The Balaban J connectivity index is 1.98. The second kappa shape index (κ2) is 4.88. The van der Waals surface area contributed by atoms with Gasteiger partial charge in [-0.1, -0.05) is 6.07 Å². The standard InChI is InChI=1S/C14H13N3O3/c18-6-5-9-1-2-11-10(7-9)8-15-17(11)12-3-4-13(19)16-14(12)20/h1-2,6-8,12H,3-5H2,(H,16,19,20). The summed E-state index contributed by atoms with van der Waals surface area (Å²) in [6, 6.07) is 5.13. The Bertz CT molecular complexity index is 705. The summed E-state index contributed by atoms with van der Waals surface area (Å²) >= 11 is 0. The van der Waals surface area contributed by atoms with Gasteiger partial charge in [-0.05, 0) is 24.1 Å². The van der Waals surface area contributed by atoms with Crippen molar-refractivity contribution in [3.8, 4) is 0 Å². The van der Waals surface area contributed by atoms with Gasteiger partial charge in [-0.3, -0.25) is 19.6 Å². The smallest absolute Gasteiger partial charge is 0.251 e. The summed E-state index contributed by atoms with van der Waals surface area (Å²) in [5, 5.41) is 7.46. The number of carbonyl (C=O) groups is 3. The van der Waals surface area contributed by atoms with E-state index in [4.69, 9.17) is 0 Å². The van der Waals surface area contributed by atoms with Crippen molar-refractivity contribution in [2.24, 2.45) is 0 Å². The Morgan fingerprint density at radius 1 is 1.40 bits per heavy atom. The lowest BCUT2D eigenvalue weighted by atomic mass is 10.1. The van der Waals surface area contributed by atoms with Crippen LogP contribution in [0.1, 0.15) is 24.4 Å². The normalized spacial score (nSPS) is 19.1. The first-order valence-electron chi connectivity index (χ1n) is 6.42. The summed E-state index contributed by atoms with van der Waals surface area (Å²) in [5.74, 6) is -0.556. The van der Waals surface area contributed by atoms with Crippen LogP contribution in [0.2, 0.25) is 0 Å². The fourth-order valence-electron chi connectivity index (χ4n) is 2.49. The lowest BCUT2D eigenvalue weighted by Crippen LogP contribution is -2.42. The Morgan fingerprint density at radius 3 is 3.00 bits per heavy atom. The minimum Gasteiger partial charge on any atom is -0.303 e. The number of rotatable bonds is 3. The molecule has 2 aromatic rings. The average Bonchev–Trinajstić information content (AvgIpc) is 2.82. The molecule has 0 spiro atoms. The van der Waals surface area contributed by atoms with E-state index in [1.165, 1.54) is 0 Å². The van der Waals surface area contributed by atoms with Crippen molar-refractivity contribution in [1.29, 1.82) is 0 Å². The lowest BCUT2D eigenvalue weighted by Gasteiger charge is -2.21.